The first-order valence-electron chi connectivity index (χ1n) is 10.8. The van der Waals surface area contributed by atoms with Gasteiger partial charge in [0.05, 0.1) is 24.7 Å². The normalized spacial score (nSPS) is 16.7. The first-order valence-corrected chi connectivity index (χ1v) is 12.2. The van der Waals surface area contributed by atoms with Crippen LogP contribution in [0.25, 0.3) is 11.5 Å². The molecule has 0 aliphatic carbocycles. The van der Waals surface area contributed by atoms with Crippen LogP contribution in [0.3, 0.4) is 0 Å². The Labute approximate surface area is 197 Å². The van der Waals surface area contributed by atoms with Gasteiger partial charge in [0, 0.05) is 18.7 Å². The Kier molecular flexibility index (Phi) is 6.85. The molecule has 2 heterocycles. The zero-order valence-corrected chi connectivity index (χ0v) is 20.0. The van der Waals surface area contributed by atoms with Gasteiger partial charge < -0.3 is 13.9 Å². The fraction of sp³-hybridized carbons (Fsp3) is 0.348. The van der Waals surface area contributed by atoms with Gasteiger partial charge in [-0.2, -0.15) is 4.31 Å². The third-order valence-corrected chi connectivity index (χ3v) is 7.54. The fourth-order valence-corrected chi connectivity index (χ4v) is 5.42. The highest BCUT2D eigenvalue weighted by molar-refractivity contribution is 7.89. The van der Waals surface area contributed by atoms with Crippen molar-refractivity contribution in [1.82, 2.24) is 14.5 Å². The largest absolute Gasteiger partial charge is 0.497 e. The van der Waals surface area contributed by atoms with E-state index in [9.17, 15) is 13.2 Å². The van der Waals surface area contributed by atoms with E-state index >= 15 is 0 Å². The Bertz CT molecular complexity index is 1270. The summed E-state index contributed by atoms with van der Waals surface area (Å²) in [6.45, 7) is 3.05. The summed E-state index contributed by atoms with van der Waals surface area (Å²) in [6.07, 6.45) is 1.86. The van der Waals surface area contributed by atoms with E-state index in [1.165, 1.54) is 42.8 Å². The Morgan fingerprint density at radius 2 is 1.88 bits per heavy atom. The number of rotatable bonds is 7. The molecule has 10 nitrogen and oxygen atoms in total. The molecule has 1 atom stereocenters. The van der Waals surface area contributed by atoms with Crippen LogP contribution in [0.2, 0.25) is 0 Å². The lowest BCUT2D eigenvalue weighted by Crippen LogP contribution is -2.39. The Morgan fingerprint density at radius 1 is 1.12 bits per heavy atom. The quantitative estimate of drug-likeness (QED) is 0.539. The number of carbonyl (C=O) groups excluding carboxylic acids is 1. The SMILES string of the molecule is COc1ccc(OC)c(-c2nnc(NC(=O)c3ccc(S(=O)(=O)N4CCCC(C)C4)cc3)o2)c1. The van der Waals surface area contributed by atoms with Gasteiger partial charge in [-0.1, -0.05) is 12.0 Å². The van der Waals surface area contributed by atoms with Gasteiger partial charge in [-0.3, -0.25) is 10.1 Å². The van der Waals surface area contributed by atoms with E-state index in [-0.39, 0.29) is 22.4 Å². The first kappa shape index (κ1) is 23.7. The minimum atomic E-state index is -3.60. The van der Waals surface area contributed by atoms with E-state index < -0.39 is 15.9 Å². The standard InChI is InChI=1S/C23H26N4O6S/c1-15-5-4-12-27(14-15)34(29,30)18-9-6-16(7-10-18)21(28)24-23-26-25-22(33-23)19-13-17(31-2)8-11-20(19)32-3/h6-11,13,15H,4-5,12,14H2,1-3H3,(H,24,26,28). The van der Waals surface area contributed by atoms with Crippen LogP contribution < -0.4 is 14.8 Å². The Hall–Kier alpha value is -3.44. The van der Waals surface area contributed by atoms with Crippen LogP contribution in [0.4, 0.5) is 6.01 Å². The summed E-state index contributed by atoms with van der Waals surface area (Å²) in [5, 5.41) is 10.4. The molecule has 0 radical (unpaired) electrons. The predicted octanol–water partition coefficient (Wildman–Crippen LogP) is 3.43. The zero-order valence-electron chi connectivity index (χ0n) is 19.1. The summed E-state index contributed by atoms with van der Waals surface area (Å²) in [4.78, 5) is 12.8. The third kappa shape index (κ3) is 4.90. The van der Waals surface area contributed by atoms with Crippen molar-refractivity contribution in [3.8, 4) is 23.0 Å². The molecule has 1 amide bonds. The van der Waals surface area contributed by atoms with Gasteiger partial charge in [-0.25, -0.2) is 8.42 Å². The molecule has 1 aromatic heterocycles. The van der Waals surface area contributed by atoms with E-state index in [0.29, 0.717) is 36.1 Å². The van der Waals surface area contributed by atoms with Crippen LogP contribution in [0.1, 0.15) is 30.1 Å². The summed E-state index contributed by atoms with van der Waals surface area (Å²) in [5.41, 5.74) is 0.765. The number of methoxy groups -OCH3 is 2. The number of aromatic nitrogens is 2. The third-order valence-electron chi connectivity index (χ3n) is 5.66. The van der Waals surface area contributed by atoms with Crippen molar-refractivity contribution in [3.05, 3.63) is 48.0 Å². The topological polar surface area (TPSA) is 124 Å². The number of nitrogens with zero attached hydrogens (tertiary/aromatic N) is 3. The number of amides is 1. The molecule has 180 valence electrons. The number of sulfonamides is 1. The maximum Gasteiger partial charge on any atom is 0.322 e. The molecule has 1 saturated heterocycles. The summed E-state index contributed by atoms with van der Waals surface area (Å²) in [5.74, 6) is 1.03. The summed E-state index contributed by atoms with van der Waals surface area (Å²) >= 11 is 0. The molecule has 2 aromatic carbocycles. The average molecular weight is 487 g/mol. The van der Waals surface area contributed by atoms with E-state index in [4.69, 9.17) is 13.9 Å². The predicted molar refractivity (Wildman–Crippen MR) is 124 cm³/mol. The molecule has 0 spiro atoms. The lowest BCUT2D eigenvalue weighted by molar-refractivity contribution is 0.102. The molecular formula is C23H26N4O6S. The second-order valence-electron chi connectivity index (χ2n) is 8.07. The maximum absolute atomic E-state index is 12.9. The van der Waals surface area contributed by atoms with Gasteiger partial charge in [-0.05, 0) is 61.2 Å². The minimum Gasteiger partial charge on any atom is -0.497 e. The minimum absolute atomic E-state index is 0.108. The van der Waals surface area contributed by atoms with Gasteiger partial charge in [0.25, 0.3) is 11.8 Å². The van der Waals surface area contributed by atoms with E-state index in [0.717, 1.165) is 12.8 Å². The number of hydrogen-bond donors (Lipinski definition) is 1. The highest BCUT2D eigenvalue weighted by Crippen LogP contribution is 2.33. The number of carbonyl (C=O) groups is 1. The van der Waals surface area contributed by atoms with Gasteiger partial charge in [0.1, 0.15) is 11.5 Å². The van der Waals surface area contributed by atoms with Crippen molar-refractivity contribution >= 4 is 21.9 Å². The highest BCUT2D eigenvalue weighted by Gasteiger charge is 2.28. The van der Waals surface area contributed by atoms with Crippen LogP contribution in [0.15, 0.2) is 51.8 Å². The second kappa shape index (κ2) is 9.82. The van der Waals surface area contributed by atoms with Gasteiger partial charge in [0.15, 0.2) is 0 Å². The number of benzene rings is 2. The van der Waals surface area contributed by atoms with Gasteiger partial charge >= 0.3 is 6.01 Å². The monoisotopic (exact) mass is 486 g/mol. The Morgan fingerprint density at radius 3 is 2.56 bits per heavy atom. The van der Waals surface area contributed by atoms with Crippen LogP contribution in [0, 0.1) is 5.92 Å². The Balaban J connectivity index is 1.48. The van der Waals surface area contributed by atoms with Crippen molar-refractivity contribution in [2.75, 3.05) is 32.6 Å². The molecule has 1 aliphatic heterocycles. The first-order chi connectivity index (χ1) is 16.3. The van der Waals surface area contributed by atoms with Crippen LogP contribution in [-0.2, 0) is 10.0 Å². The van der Waals surface area contributed by atoms with Crippen molar-refractivity contribution < 1.29 is 27.1 Å². The number of anilines is 1. The summed E-state index contributed by atoms with van der Waals surface area (Å²) in [6, 6.07) is 10.8. The lowest BCUT2D eigenvalue weighted by atomic mass is 10.0. The number of nitrogens with one attached hydrogen (secondary N) is 1. The average Bonchev–Trinajstić information content (AvgIpc) is 3.32. The van der Waals surface area contributed by atoms with E-state index in [1.54, 1.807) is 18.2 Å². The highest BCUT2D eigenvalue weighted by atomic mass is 32.2. The molecule has 11 heteroatoms. The molecule has 1 N–H and O–H groups in total. The van der Waals surface area contributed by atoms with Crippen LogP contribution >= 0.6 is 0 Å². The van der Waals surface area contributed by atoms with Gasteiger partial charge in [-0.15, -0.1) is 5.10 Å². The second-order valence-corrected chi connectivity index (χ2v) is 10.0. The van der Waals surface area contributed by atoms with Crippen molar-refractivity contribution in [3.63, 3.8) is 0 Å². The van der Waals surface area contributed by atoms with Crippen molar-refractivity contribution in [1.29, 1.82) is 0 Å². The van der Waals surface area contributed by atoms with Gasteiger partial charge in [0.2, 0.25) is 10.0 Å². The molecule has 4 rings (SSSR count). The lowest BCUT2D eigenvalue weighted by Gasteiger charge is -2.30. The molecular weight excluding hydrogens is 460 g/mol. The number of ether oxygens (including phenoxy) is 2. The molecule has 0 saturated carbocycles. The fourth-order valence-electron chi connectivity index (χ4n) is 3.83. The van der Waals surface area contributed by atoms with Crippen LogP contribution in [0.5, 0.6) is 11.5 Å². The molecule has 3 aromatic rings. The summed E-state index contributed by atoms with van der Waals surface area (Å²) in [7, 11) is -0.547. The van der Waals surface area contributed by atoms with Crippen molar-refractivity contribution in [2.24, 2.45) is 5.92 Å². The number of piperidine rings is 1. The molecule has 1 unspecified atom stereocenters. The maximum atomic E-state index is 12.9. The molecule has 1 aliphatic rings. The molecule has 1 fully saturated rings. The molecule has 34 heavy (non-hydrogen) atoms. The van der Waals surface area contributed by atoms with E-state index in [2.05, 4.69) is 15.5 Å². The zero-order chi connectivity index (χ0) is 24.3. The smallest absolute Gasteiger partial charge is 0.322 e. The molecule has 0 bridgehead atoms. The van der Waals surface area contributed by atoms with E-state index in [1.807, 2.05) is 6.92 Å². The summed E-state index contributed by atoms with van der Waals surface area (Å²) < 4.78 is 43.5. The number of hydrogen-bond acceptors (Lipinski definition) is 8. The van der Waals surface area contributed by atoms with Crippen molar-refractivity contribution in [2.45, 2.75) is 24.7 Å². The van der Waals surface area contributed by atoms with Crippen LogP contribution in [-0.4, -0.2) is 56.1 Å².